The summed E-state index contributed by atoms with van der Waals surface area (Å²) in [5.74, 6) is 0.391. The number of benzene rings is 1. The van der Waals surface area contributed by atoms with Gasteiger partial charge < -0.3 is 9.30 Å². The second kappa shape index (κ2) is 6.70. The highest BCUT2D eigenvalue weighted by Crippen LogP contribution is 2.32. The molecule has 1 aromatic carbocycles. The molecule has 2 heterocycles. The van der Waals surface area contributed by atoms with Crippen LogP contribution < -0.4 is 9.54 Å². The lowest BCUT2D eigenvalue weighted by Gasteiger charge is -2.04. The molecule has 7 heteroatoms. The highest BCUT2D eigenvalue weighted by atomic mass is 35.5. The van der Waals surface area contributed by atoms with Crippen LogP contribution in [0.3, 0.4) is 0 Å². The van der Waals surface area contributed by atoms with Crippen molar-refractivity contribution in [2.45, 2.75) is 0 Å². The highest BCUT2D eigenvalue weighted by Gasteiger charge is 2.12. The topological polar surface area (TPSA) is 43.6 Å². The molecule has 1 amide bonds. The smallest absolute Gasteiger partial charge is 0.272 e. The minimum absolute atomic E-state index is 0.310. The summed E-state index contributed by atoms with van der Waals surface area (Å²) in [4.78, 5) is 17.8. The molecular weight excluding hydrogens is 352 g/mol. The van der Waals surface area contributed by atoms with E-state index in [9.17, 15) is 4.79 Å². The van der Waals surface area contributed by atoms with Gasteiger partial charge in [0.2, 0.25) is 0 Å². The molecule has 0 aliphatic carbocycles. The van der Waals surface area contributed by atoms with E-state index in [1.165, 1.54) is 17.4 Å². The van der Waals surface area contributed by atoms with Crippen molar-refractivity contribution in [1.82, 2.24) is 4.57 Å². The molecule has 0 unspecified atom stereocenters. The molecule has 3 rings (SSSR count). The van der Waals surface area contributed by atoms with Crippen molar-refractivity contribution in [3.05, 3.63) is 50.4 Å². The van der Waals surface area contributed by atoms with Crippen LogP contribution in [0.25, 0.3) is 16.3 Å². The van der Waals surface area contributed by atoms with Crippen LogP contribution >= 0.6 is 34.3 Å². The van der Waals surface area contributed by atoms with Gasteiger partial charge in [-0.1, -0.05) is 29.0 Å². The van der Waals surface area contributed by atoms with Crippen molar-refractivity contribution in [2.24, 2.45) is 12.0 Å². The number of hydrogen-bond donors (Lipinski definition) is 0. The van der Waals surface area contributed by atoms with E-state index in [2.05, 4.69) is 4.99 Å². The molecule has 0 atom stereocenters. The molecule has 0 N–H and O–H groups in total. The Labute approximate surface area is 145 Å². The molecule has 0 saturated carbocycles. The van der Waals surface area contributed by atoms with Crippen molar-refractivity contribution in [1.29, 1.82) is 0 Å². The van der Waals surface area contributed by atoms with Gasteiger partial charge in [-0.15, -0.1) is 11.3 Å². The molecule has 0 aliphatic heterocycles. The van der Waals surface area contributed by atoms with E-state index in [4.69, 9.17) is 16.3 Å². The average Bonchev–Trinajstić information content (AvgIpc) is 3.16. The molecule has 0 saturated heterocycles. The standard InChI is InChI=1S/C16H13ClN2O2S2/c1-19-14-12(21-2)7-6-11(17)15(14)23-16(19)18-13(20)8-5-10-4-3-9-22-10/h3-9H,1-2H3/b8-5+,18-16?. The van der Waals surface area contributed by atoms with Gasteiger partial charge in [0.25, 0.3) is 5.91 Å². The van der Waals surface area contributed by atoms with Gasteiger partial charge in [-0.2, -0.15) is 4.99 Å². The molecule has 0 spiro atoms. The zero-order chi connectivity index (χ0) is 16.4. The Bertz CT molecular complexity index is 953. The minimum Gasteiger partial charge on any atom is -0.495 e. The number of carbonyl (C=O) groups is 1. The molecule has 3 aromatic rings. The zero-order valence-corrected chi connectivity index (χ0v) is 14.8. The maximum absolute atomic E-state index is 12.1. The third-order valence-corrected chi connectivity index (χ3v) is 5.65. The number of amides is 1. The first-order chi connectivity index (χ1) is 11.1. The largest absolute Gasteiger partial charge is 0.495 e. The number of hydrogen-bond acceptors (Lipinski definition) is 4. The summed E-state index contributed by atoms with van der Waals surface area (Å²) in [6.45, 7) is 0. The first kappa shape index (κ1) is 16.0. The molecule has 0 aliphatic rings. The van der Waals surface area contributed by atoms with Gasteiger partial charge in [-0.05, 0) is 29.7 Å². The fraction of sp³-hybridized carbons (Fsp3) is 0.125. The Hall–Kier alpha value is -1.89. The van der Waals surface area contributed by atoms with Gasteiger partial charge in [0.1, 0.15) is 11.3 Å². The number of thiophene rings is 1. The van der Waals surface area contributed by atoms with Crippen LogP contribution in [0.5, 0.6) is 5.75 Å². The predicted molar refractivity (Wildman–Crippen MR) is 96.3 cm³/mol. The summed E-state index contributed by atoms with van der Waals surface area (Å²) >= 11 is 9.17. The van der Waals surface area contributed by atoms with Crippen molar-refractivity contribution < 1.29 is 9.53 Å². The maximum atomic E-state index is 12.1. The van der Waals surface area contributed by atoms with Gasteiger partial charge in [0, 0.05) is 18.0 Å². The summed E-state index contributed by atoms with van der Waals surface area (Å²) in [6, 6.07) is 7.46. The van der Waals surface area contributed by atoms with Gasteiger partial charge in [0.05, 0.1) is 16.8 Å². The number of carbonyl (C=O) groups excluding carboxylic acids is 1. The lowest BCUT2D eigenvalue weighted by Crippen LogP contribution is -2.12. The molecule has 2 aromatic heterocycles. The van der Waals surface area contributed by atoms with Gasteiger partial charge in [0.15, 0.2) is 4.80 Å². The highest BCUT2D eigenvalue weighted by molar-refractivity contribution is 7.17. The van der Waals surface area contributed by atoms with E-state index < -0.39 is 0 Å². The van der Waals surface area contributed by atoms with E-state index in [0.29, 0.717) is 15.6 Å². The fourth-order valence-electron chi connectivity index (χ4n) is 2.13. The first-order valence-electron chi connectivity index (χ1n) is 6.72. The van der Waals surface area contributed by atoms with Gasteiger partial charge >= 0.3 is 0 Å². The summed E-state index contributed by atoms with van der Waals surface area (Å²) in [7, 11) is 3.44. The van der Waals surface area contributed by atoms with E-state index in [1.54, 1.807) is 36.7 Å². The molecule has 4 nitrogen and oxygen atoms in total. The molecular formula is C16H13ClN2O2S2. The second-order valence-corrected chi connectivity index (χ2v) is 7.03. The Balaban J connectivity index is 2.04. The van der Waals surface area contributed by atoms with Crippen molar-refractivity contribution in [3.8, 4) is 5.75 Å². The quantitative estimate of drug-likeness (QED) is 0.656. The lowest BCUT2D eigenvalue weighted by atomic mass is 10.3. The van der Waals surface area contributed by atoms with Gasteiger partial charge in [-0.25, -0.2) is 0 Å². The number of rotatable bonds is 3. The number of halogens is 1. The van der Waals surface area contributed by atoms with E-state index >= 15 is 0 Å². The van der Waals surface area contributed by atoms with Gasteiger partial charge in [-0.3, -0.25) is 4.79 Å². The Morgan fingerprint density at radius 1 is 1.39 bits per heavy atom. The summed E-state index contributed by atoms with van der Waals surface area (Å²) in [6.07, 6.45) is 3.23. The third-order valence-electron chi connectivity index (χ3n) is 3.22. The minimum atomic E-state index is -0.310. The van der Waals surface area contributed by atoms with E-state index in [-0.39, 0.29) is 5.91 Å². The Morgan fingerprint density at radius 3 is 2.91 bits per heavy atom. The summed E-state index contributed by atoms with van der Waals surface area (Å²) < 4.78 is 8.04. The Kier molecular flexibility index (Phi) is 4.66. The lowest BCUT2D eigenvalue weighted by molar-refractivity contribution is -0.113. The fourth-order valence-corrected chi connectivity index (χ4v) is 4.06. The molecule has 118 valence electrons. The molecule has 0 bridgehead atoms. The van der Waals surface area contributed by atoms with Crippen molar-refractivity contribution >= 4 is 56.5 Å². The van der Waals surface area contributed by atoms with Crippen LogP contribution in [-0.4, -0.2) is 17.6 Å². The molecule has 0 radical (unpaired) electrons. The summed E-state index contributed by atoms with van der Waals surface area (Å²) in [5, 5.41) is 2.58. The Morgan fingerprint density at radius 2 is 2.22 bits per heavy atom. The second-order valence-electron chi connectivity index (χ2n) is 4.67. The van der Waals surface area contributed by atoms with E-state index in [1.807, 2.05) is 29.1 Å². The SMILES string of the molecule is COc1ccc(Cl)c2sc(=NC(=O)/C=C/c3cccs3)n(C)c12. The molecule has 23 heavy (non-hydrogen) atoms. The van der Waals surface area contributed by atoms with Crippen molar-refractivity contribution in [3.63, 3.8) is 0 Å². The van der Waals surface area contributed by atoms with Crippen LogP contribution in [0, 0.1) is 0 Å². The maximum Gasteiger partial charge on any atom is 0.272 e. The average molecular weight is 365 g/mol. The van der Waals surface area contributed by atoms with Crippen LogP contribution in [0.4, 0.5) is 0 Å². The number of nitrogens with zero attached hydrogens (tertiary/aromatic N) is 2. The third kappa shape index (κ3) is 3.24. The monoisotopic (exact) mass is 364 g/mol. The normalized spacial score (nSPS) is 12.4. The number of aryl methyl sites for hydroxylation is 1. The number of methoxy groups -OCH3 is 1. The first-order valence-corrected chi connectivity index (χ1v) is 8.80. The van der Waals surface area contributed by atoms with Crippen LogP contribution in [0.2, 0.25) is 5.02 Å². The number of ether oxygens (including phenoxy) is 1. The zero-order valence-electron chi connectivity index (χ0n) is 12.4. The number of aromatic nitrogens is 1. The van der Waals surface area contributed by atoms with Crippen LogP contribution in [-0.2, 0) is 11.8 Å². The summed E-state index contributed by atoms with van der Waals surface area (Å²) in [5.41, 5.74) is 0.832. The van der Waals surface area contributed by atoms with E-state index in [0.717, 1.165) is 15.1 Å². The number of thiazole rings is 1. The molecule has 0 fully saturated rings. The van der Waals surface area contributed by atoms with Crippen LogP contribution in [0.15, 0.2) is 40.7 Å². The predicted octanol–water partition coefficient (Wildman–Crippen LogP) is 4.10. The van der Waals surface area contributed by atoms with Crippen LogP contribution in [0.1, 0.15) is 4.88 Å². The number of fused-ring (bicyclic) bond motifs is 1. The van der Waals surface area contributed by atoms with Crippen molar-refractivity contribution in [2.75, 3.05) is 7.11 Å².